The molecule has 0 spiro atoms. The summed E-state index contributed by atoms with van der Waals surface area (Å²) in [6, 6.07) is 19.4. The summed E-state index contributed by atoms with van der Waals surface area (Å²) < 4.78 is 5.52. The normalized spacial score (nSPS) is 13.1. The molecule has 1 atom stereocenters. The molecule has 24 heavy (non-hydrogen) atoms. The van der Waals surface area contributed by atoms with Crippen LogP contribution in [0.2, 0.25) is 0 Å². The van der Waals surface area contributed by atoms with Crippen LogP contribution in [-0.2, 0) is 11.2 Å². The molecule has 1 unspecified atom stereocenters. The van der Waals surface area contributed by atoms with Crippen LogP contribution in [0.25, 0.3) is 0 Å². The van der Waals surface area contributed by atoms with Crippen molar-refractivity contribution < 1.29 is 14.6 Å². The highest BCUT2D eigenvalue weighted by atomic mass is 16.5. The number of benzene rings is 2. The maximum absolute atomic E-state index is 12.0. The molecule has 2 aromatic carbocycles. The third-order valence-corrected chi connectivity index (χ3v) is 3.91. The monoisotopic (exact) mass is 327 g/mol. The number of carbonyl (C=O) groups excluding carboxylic acids is 1. The predicted molar refractivity (Wildman–Crippen MR) is 94.9 cm³/mol. The molecule has 1 amide bonds. The van der Waals surface area contributed by atoms with E-state index in [2.05, 4.69) is 5.32 Å². The topological polar surface area (TPSA) is 58.6 Å². The van der Waals surface area contributed by atoms with E-state index >= 15 is 0 Å². The van der Waals surface area contributed by atoms with Crippen LogP contribution in [0.15, 0.2) is 60.7 Å². The highest BCUT2D eigenvalue weighted by molar-refractivity contribution is 5.76. The largest absolute Gasteiger partial charge is 0.493 e. The number of hydrogen-bond donors (Lipinski definition) is 2. The van der Waals surface area contributed by atoms with E-state index in [1.165, 1.54) is 0 Å². The molecule has 0 aromatic heterocycles. The van der Waals surface area contributed by atoms with E-state index in [-0.39, 0.29) is 17.9 Å². The van der Waals surface area contributed by atoms with Gasteiger partial charge in [0.2, 0.25) is 5.91 Å². The highest BCUT2D eigenvalue weighted by Crippen LogP contribution is 2.21. The van der Waals surface area contributed by atoms with Crippen molar-refractivity contribution in [2.75, 3.05) is 19.8 Å². The van der Waals surface area contributed by atoms with Gasteiger partial charge in [0.25, 0.3) is 0 Å². The van der Waals surface area contributed by atoms with Crippen molar-refractivity contribution in [1.29, 1.82) is 0 Å². The summed E-state index contributed by atoms with van der Waals surface area (Å²) in [4.78, 5) is 12.0. The van der Waals surface area contributed by atoms with E-state index in [1.54, 1.807) is 0 Å². The minimum absolute atomic E-state index is 0.0166. The first kappa shape index (κ1) is 18.0. The van der Waals surface area contributed by atoms with Crippen molar-refractivity contribution in [3.8, 4) is 5.75 Å². The fourth-order valence-corrected chi connectivity index (χ4v) is 2.44. The van der Waals surface area contributed by atoms with Crippen molar-refractivity contribution in [2.45, 2.75) is 19.8 Å². The van der Waals surface area contributed by atoms with E-state index in [9.17, 15) is 9.90 Å². The number of hydrogen-bond acceptors (Lipinski definition) is 3. The lowest BCUT2D eigenvalue weighted by Crippen LogP contribution is -2.39. The smallest absolute Gasteiger partial charge is 0.223 e. The van der Waals surface area contributed by atoms with Crippen molar-refractivity contribution in [3.05, 3.63) is 66.2 Å². The van der Waals surface area contributed by atoms with Gasteiger partial charge in [-0.3, -0.25) is 4.79 Å². The molecule has 128 valence electrons. The van der Waals surface area contributed by atoms with Gasteiger partial charge < -0.3 is 15.2 Å². The van der Waals surface area contributed by atoms with Gasteiger partial charge in [0.1, 0.15) is 5.75 Å². The average Bonchev–Trinajstić information content (AvgIpc) is 2.62. The lowest BCUT2D eigenvalue weighted by Gasteiger charge is -2.27. The van der Waals surface area contributed by atoms with Crippen LogP contribution in [0.4, 0.5) is 0 Å². The van der Waals surface area contributed by atoms with Gasteiger partial charge in [0.15, 0.2) is 0 Å². The summed E-state index contributed by atoms with van der Waals surface area (Å²) in [7, 11) is 0. The summed E-state index contributed by atoms with van der Waals surface area (Å²) in [5.41, 5.74) is 0.771. The zero-order valence-corrected chi connectivity index (χ0v) is 14.1. The van der Waals surface area contributed by atoms with Gasteiger partial charge in [-0.05, 0) is 24.1 Å². The fraction of sp³-hybridized carbons (Fsp3) is 0.350. The quantitative estimate of drug-likeness (QED) is 0.744. The second-order valence-electron chi connectivity index (χ2n) is 6.32. The van der Waals surface area contributed by atoms with Gasteiger partial charge in [0.05, 0.1) is 19.6 Å². The lowest BCUT2D eigenvalue weighted by atomic mass is 9.84. The van der Waals surface area contributed by atoms with Crippen LogP contribution < -0.4 is 10.1 Å². The van der Waals surface area contributed by atoms with Crippen LogP contribution >= 0.6 is 0 Å². The molecule has 0 heterocycles. The van der Waals surface area contributed by atoms with Crippen molar-refractivity contribution in [3.63, 3.8) is 0 Å². The second-order valence-corrected chi connectivity index (χ2v) is 6.32. The average molecular weight is 327 g/mol. The number of amides is 1. The molecule has 0 fully saturated rings. The van der Waals surface area contributed by atoms with E-state index in [0.717, 1.165) is 11.3 Å². The minimum Gasteiger partial charge on any atom is -0.493 e. The molecule has 2 aromatic rings. The van der Waals surface area contributed by atoms with Crippen LogP contribution in [0, 0.1) is 5.41 Å². The molecular formula is C20H25NO3. The summed E-state index contributed by atoms with van der Waals surface area (Å²) in [5, 5.41) is 12.6. The highest BCUT2D eigenvalue weighted by Gasteiger charge is 2.24. The number of aliphatic hydroxyl groups excluding tert-OH is 1. The van der Waals surface area contributed by atoms with Gasteiger partial charge in [-0.2, -0.15) is 0 Å². The SMILES string of the molecule is CC(CO)(CNC(=O)CCOc1ccccc1)Cc1ccccc1. The standard InChI is InChI=1S/C20H25NO3/c1-20(16-22,14-17-8-4-2-5-9-17)15-21-19(23)12-13-24-18-10-6-3-7-11-18/h2-11,22H,12-16H2,1H3,(H,21,23). The van der Waals surface area contributed by atoms with E-state index in [4.69, 9.17) is 4.74 Å². The van der Waals surface area contributed by atoms with Gasteiger partial charge in [0, 0.05) is 12.0 Å². The zero-order chi connectivity index (χ0) is 17.3. The Hall–Kier alpha value is -2.33. The number of ether oxygens (including phenoxy) is 1. The molecule has 2 N–H and O–H groups in total. The Morgan fingerprint density at radius 2 is 1.71 bits per heavy atom. The molecule has 0 saturated heterocycles. The van der Waals surface area contributed by atoms with Crippen LogP contribution in [0.3, 0.4) is 0 Å². The third kappa shape index (κ3) is 6.05. The molecular weight excluding hydrogens is 302 g/mol. The number of carbonyl (C=O) groups is 1. The summed E-state index contributed by atoms with van der Waals surface area (Å²) >= 11 is 0. The van der Waals surface area contributed by atoms with Crippen LogP contribution in [0.1, 0.15) is 18.9 Å². The Labute approximate surface area is 143 Å². The van der Waals surface area contributed by atoms with Gasteiger partial charge in [-0.1, -0.05) is 55.5 Å². The number of para-hydroxylation sites is 1. The van der Waals surface area contributed by atoms with Crippen molar-refractivity contribution in [1.82, 2.24) is 5.32 Å². The molecule has 0 aliphatic carbocycles. The van der Waals surface area contributed by atoms with E-state index in [0.29, 0.717) is 26.0 Å². The summed E-state index contributed by atoms with van der Waals surface area (Å²) in [5.74, 6) is 0.688. The lowest BCUT2D eigenvalue weighted by molar-refractivity contribution is -0.122. The first-order valence-corrected chi connectivity index (χ1v) is 8.21. The van der Waals surface area contributed by atoms with Crippen molar-refractivity contribution in [2.24, 2.45) is 5.41 Å². The van der Waals surface area contributed by atoms with Crippen LogP contribution in [0.5, 0.6) is 5.75 Å². The first-order valence-electron chi connectivity index (χ1n) is 8.21. The zero-order valence-electron chi connectivity index (χ0n) is 14.1. The third-order valence-electron chi connectivity index (χ3n) is 3.91. The molecule has 0 radical (unpaired) electrons. The Kier molecular flexibility index (Phi) is 6.82. The van der Waals surface area contributed by atoms with E-state index < -0.39 is 0 Å². The van der Waals surface area contributed by atoms with Gasteiger partial charge >= 0.3 is 0 Å². The Morgan fingerprint density at radius 1 is 1.08 bits per heavy atom. The number of rotatable bonds is 9. The summed E-state index contributed by atoms with van der Waals surface area (Å²) in [6.07, 6.45) is 1.01. The second kappa shape index (κ2) is 9.08. The number of aliphatic hydroxyl groups is 1. The molecule has 2 rings (SSSR count). The fourth-order valence-electron chi connectivity index (χ4n) is 2.44. The molecule has 0 aliphatic rings. The molecule has 0 bridgehead atoms. The van der Waals surface area contributed by atoms with Gasteiger partial charge in [-0.25, -0.2) is 0 Å². The molecule has 0 saturated carbocycles. The molecule has 0 aliphatic heterocycles. The molecule has 4 nitrogen and oxygen atoms in total. The maximum atomic E-state index is 12.0. The van der Waals surface area contributed by atoms with Crippen LogP contribution in [-0.4, -0.2) is 30.8 Å². The predicted octanol–water partition coefficient (Wildman–Crippen LogP) is 2.81. The Balaban J connectivity index is 1.74. The Bertz CT molecular complexity index is 615. The minimum atomic E-state index is -0.378. The summed E-state index contributed by atoms with van der Waals surface area (Å²) in [6.45, 7) is 2.76. The van der Waals surface area contributed by atoms with Crippen molar-refractivity contribution >= 4 is 5.91 Å². The van der Waals surface area contributed by atoms with E-state index in [1.807, 2.05) is 67.6 Å². The first-order chi connectivity index (χ1) is 11.6. The van der Waals surface area contributed by atoms with Gasteiger partial charge in [-0.15, -0.1) is 0 Å². The number of nitrogens with one attached hydrogen (secondary N) is 1. The maximum Gasteiger partial charge on any atom is 0.223 e. The molecule has 4 heteroatoms. The Morgan fingerprint density at radius 3 is 2.33 bits per heavy atom.